The van der Waals surface area contributed by atoms with Gasteiger partial charge >= 0.3 is 0 Å². The summed E-state index contributed by atoms with van der Waals surface area (Å²) in [4.78, 5) is 3.94. The summed E-state index contributed by atoms with van der Waals surface area (Å²) in [7, 11) is 0. The lowest BCUT2D eigenvalue weighted by Gasteiger charge is -2.10. The number of nitrogens with one attached hydrogen (secondary N) is 1. The van der Waals surface area contributed by atoms with Crippen LogP contribution in [0.3, 0.4) is 0 Å². The molecule has 0 aromatic carbocycles. The zero-order chi connectivity index (χ0) is 10.4. The zero-order valence-corrected chi connectivity index (χ0v) is 9.51. The Bertz CT molecular complexity index is 276. The van der Waals surface area contributed by atoms with Gasteiger partial charge in [0.05, 0.1) is 5.02 Å². The molecule has 1 unspecified atom stereocenters. The lowest BCUT2D eigenvalue weighted by molar-refractivity contribution is 0.500. The summed E-state index contributed by atoms with van der Waals surface area (Å²) in [5.41, 5.74) is 1.12. The van der Waals surface area contributed by atoms with E-state index in [9.17, 15) is 0 Å². The fourth-order valence-electron chi connectivity index (χ4n) is 1.14. The molecule has 1 aromatic heterocycles. The molecule has 0 saturated heterocycles. The molecule has 0 bridgehead atoms. The van der Waals surface area contributed by atoms with Crippen LogP contribution in [0, 0.1) is 5.92 Å². The number of pyridine rings is 1. The first kappa shape index (κ1) is 11.5. The van der Waals surface area contributed by atoms with Crippen molar-refractivity contribution in [1.29, 1.82) is 0 Å². The average Bonchev–Trinajstić information content (AvgIpc) is 2.20. The Morgan fingerprint density at radius 2 is 2.36 bits per heavy atom. The van der Waals surface area contributed by atoms with Crippen molar-refractivity contribution < 1.29 is 0 Å². The largest absolute Gasteiger partial charge is 0.312 e. The molecule has 14 heavy (non-hydrogen) atoms. The SMILES string of the molecule is CCC(C)CNCc1ccncc1Cl. The van der Waals surface area contributed by atoms with Gasteiger partial charge in [-0.25, -0.2) is 0 Å². The number of halogens is 1. The van der Waals surface area contributed by atoms with Gasteiger partial charge in [0, 0.05) is 18.9 Å². The number of nitrogens with zero attached hydrogens (tertiary/aromatic N) is 1. The van der Waals surface area contributed by atoms with E-state index in [-0.39, 0.29) is 0 Å². The Kier molecular flexibility index (Phi) is 4.91. The second kappa shape index (κ2) is 5.99. The van der Waals surface area contributed by atoms with Gasteiger partial charge in [0.15, 0.2) is 0 Å². The highest BCUT2D eigenvalue weighted by Gasteiger charge is 2.00. The van der Waals surface area contributed by atoms with E-state index in [1.54, 1.807) is 12.4 Å². The molecule has 0 aliphatic rings. The molecule has 0 saturated carbocycles. The lowest BCUT2D eigenvalue weighted by atomic mass is 10.1. The molecular weight excluding hydrogens is 196 g/mol. The average molecular weight is 213 g/mol. The van der Waals surface area contributed by atoms with Crippen molar-refractivity contribution in [3.05, 3.63) is 29.0 Å². The molecule has 0 aliphatic heterocycles. The number of hydrogen-bond acceptors (Lipinski definition) is 2. The van der Waals surface area contributed by atoms with Gasteiger partial charge in [-0.3, -0.25) is 4.98 Å². The van der Waals surface area contributed by atoms with Crippen LogP contribution in [0.25, 0.3) is 0 Å². The molecule has 0 aliphatic carbocycles. The van der Waals surface area contributed by atoms with Gasteiger partial charge in [0.1, 0.15) is 0 Å². The van der Waals surface area contributed by atoms with Crippen LogP contribution in [0.15, 0.2) is 18.5 Å². The van der Waals surface area contributed by atoms with Crippen LogP contribution in [0.5, 0.6) is 0 Å². The smallest absolute Gasteiger partial charge is 0.0634 e. The van der Waals surface area contributed by atoms with Crippen molar-refractivity contribution in [3.8, 4) is 0 Å². The number of rotatable bonds is 5. The summed E-state index contributed by atoms with van der Waals surface area (Å²) < 4.78 is 0. The van der Waals surface area contributed by atoms with Crippen LogP contribution in [-0.2, 0) is 6.54 Å². The fraction of sp³-hybridized carbons (Fsp3) is 0.545. The standard InChI is InChI=1S/C11H17ClN2/c1-3-9(2)6-14-7-10-4-5-13-8-11(10)12/h4-5,8-9,14H,3,6-7H2,1-2H3. The van der Waals surface area contributed by atoms with E-state index >= 15 is 0 Å². The van der Waals surface area contributed by atoms with E-state index < -0.39 is 0 Å². The Morgan fingerprint density at radius 1 is 1.57 bits per heavy atom. The highest BCUT2D eigenvalue weighted by molar-refractivity contribution is 6.31. The third-order valence-electron chi connectivity index (χ3n) is 2.36. The minimum atomic E-state index is 0.718. The van der Waals surface area contributed by atoms with E-state index in [4.69, 9.17) is 11.6 Å². The summed E-state index contributed by atoms with van der Waals surface area (Å²) >= 11 is 5.97. The molecule has 78 valence electrons. The van der Waals surface area contributed by atoms with Gasteiger partial charge in [0.2, 0.25) is 0 Å². The lowest BCUT2D eigenvalue weighted by Crippen LogP contribution is -2.20. The first-order valence-electron chi connectivity index (χ1n) is 5.03. The minimum absolute atomic E-state index is 0.718. The van der Waals surface area contributed by atoms with Crippen molar-refractivity contribution in [3.63, 3.8) is 0 Å². The van der Waals surface area contributed by atoms with E-state index in [0.29, 0.717) is 0 Å². The predicted octanol–water partition coefficient (Wildman–Crippen LogP) is 2.87. The highest BCUT2D eigenvalue weighted by atomic mass is 35.5. The van der Waals surface area contributed by atoms with Gasteiger partial charge in [0.25, 0.3) is 0 Å². The second-order valence-corrected chi connectivity index (χ2v) is 4.02. The Hall–Kier alpha value is -0.600. The Morgan fingerprint density at radius 3 is 3.00 bits per heavy atom. The molecule has 1 aromatic rings. The molecule has 1 heterocycles. The maximum Gasteiger partial charge on any atom is 0.0634 e. The van der Waals surface area contributed by atoms with Gasteiger partial charge in [-0.05, 0) is 24.1 Å². The normalized spacial score (nSPS) is 12.8. The topological polar surface area (TPSA) is 24.9 Å². The summed E-state index contributed by atoms with van der Waals surface area (Å²) in [6, 6.07) is 1.95. The monoisotopic (exact) mass is 212 g/mol. The van der Waals surface area contributed by atoms with Gasteiger partial charge < -0.3 is 5.32 Å². The number of aromatic nitrogens is 1. The quantitative estimate of drug-likeness (QED) is 0.812. The zero-order valence-electron chi connectivity index (χ0n) is 8.76. The third kappa shape index (κ3) is 3.64. The molecule has 3 heteroatoms. The van der Waals surface area contributed by atoms with Crippen molar-refractivity contribution in [1.82, 2.24) is 10.3 Å². The van der Waals surface area contributed by atoms with E-state index in [2.05, 4.69) is 24.1 Å². The van der Waals surface area contributed by atoms with Gasteiger partial charge in [-0.15, -0.1) is 0 Å². The van der Waals surface area contributed by atoms with Crippen LogP contribution in [0.4, 0.5) is 0 Å². The van der Waals surface area contributed by atoms with Crippen molar-refractivity contribution >= 4 is 11.6 Å². The minimum Gasteiger partial charge on any atom is -0.312 e. The summed E-state index contributed by atoms with van der Waals surface area (Å²) in [6.45, 7) is 6.30. The number of hydrogen-bond donors (Lipinski definition) is 1. The van der Waals surface area contributed by atoms with Crippen LogP contribution >= 0.6 is 11.6 Å². The first-order chi connectivity index (χ1) is 6.74. The first-order valence-corrected chi connectivity index (χ1v) is 5.41. The molecule has 1 N–H and O–H groups in total. The molecule has 0 radical (unpaired) electrons. The van der Waals surface area contributed by atoms with Crippen LogP contribution in [0.1, 0.15) is 25.8 Å². The fourth-order valence-corrected chi connectivity index (χ4v) is 1.33. The highest BCUT2D eigenvalue weighted by Crippen LogP contribution is 2.12. The molecule has 1 rings (SSSR count). The molecule has 1 atom stereocenters. The van der Waals surface area contributed by atoms with E-state index in [0.717, 1.165) is 29.6 Å². The predicted molar refractivity (Wildman–Crippen MR) is 60.4 cm³/mol. The van der Waals surface area contributed by atoms with Gasteiger partial charge in [-0.1, -0.05) is 31.9 Å². The molecule has 2 nitrogen and oxygen atoms in total. The molecule has 0 amide bonds. The second-order valence-electron chi connectivity index (χ2n) is 3.61. The summed E-state index contributed by atoms with van der Waals surface area (Å²) in [5.74, 6) is 0.718. The third-order valence-corrected chi connectivity index (χ3v) is 2.70. The van der Waals surface area contributed by atoms with Gasteiger partial charge in [-0.2, -0.15) is 0 Å². The van der Waals surface area contributed by atoms with Crippen LogP contribution in [0.2, 0.25) is 5.02 Å². The van der Waals surface area contributed by atoms with Crippen molar-refractivity contribution in [2.75, 3.05) is 6.54 Å². The van der Waals surface area contributed by atoms with Crippen LogP contribution < -0.4 is 5.32 Å². The maximum atomic E-state index is 5.97. The van der Waals surface area contributed by atoms with Crippen molar-refractivity contribution in [2.24, 2.45) is 5.92 Å². The van der Waals surface area contributed by atoms with E-state index in [1.807, 2.05) is 6.07 Å². The Labute approximate surface area is 90.7 Å². The summed E-state index contributed by atoms with van der Waals surface area (Å²) in [6.07, 6.45) is 4.66. The molecular formula is C11H17ClN2. The maximum absolute atomic E-state index is 5.97. The van der Waals surface area contributed by atoms with Crippen molar-refractivity contribution in [2.45, 2.75) is 26.8 Å². The Balaban J connectivity index is 2.35. The van der Waals surface area contributed by atoms with Crippen LogP contribution in [-0.4, -0.2) is 11.5 Å². The van der Waals surface area contributed by atoms with E-state index in [1.165, 1.54) is 6.42 Å². The molecule has 0 fully saturated rings. The summed E-state index contributed by atoms with van der Waals surface area (Å²) in [5, 5.41) is 4.12. The molecule has 0 spiro atoms.